The highest BCUT2D eigenvalue weighted by atomic mass is 16.5. The third kappa shape index (κ3) is 5.36. The molecule has 0 saturated carbocycles. The number of rotatable bonds is 8. The topological polar surface area (TPSA) is 67.6 Å². The highest BCUT2D eigenvalue weighted by Gasteiger charge is 2.24. The van der Waals surface area contributed by atoms with E-state index in [1.54, 1.807) is 7.11 Å². The van der Waals surface area contributed by atoms with Crippen LogP contribution in [0.1, 0.15) is 26.3 Å². The zero-order valence-corrected chi connectivity index (χ0v) is 13.4. The number of benzene rings is 1. The van der Waals surface area contributed by atoms with Crippen LogP contribution >= 0.6 is 0 Å². The lowest BCUT2D eigenvalue weighted by atomic mass is 10.1. The number of para-hydroxylation sites is 1. The number of nitrogens with one attached hydrogen (secondary N) is 1. The molecule has 1 amide bonds. The van der Waals surface area contributed by atoms with Crippen molar-refractivity contribution in [2.75, 3.05) is 26.0 Å². The lowest BCUT2D eigenvalue weighted by Gasteiger charge is -2.32. The monoisotopic (exact) mass is 293 g/mol. The quantitative estimate of drug-likeness (QED) is 0.565. The van der Waals surface area contributed by atoms with Gasteiger partial charge in [-0.05, 0) is 32.4 Å². The number of amides is 1. The van der Waals surface area contributed by atoms with Gasteiger partial charge >= 0.3 is 0 Å². The van der Waals surface area contributed by atoms with Crippen LogP contribution in [0.4, 0.5) is 5.69 Å². The molecular weight excluding hydrogens is 266 g/mol. The molecule has 1 aromatic carbocycles. The van der Waals surface area contributed by atoms with Crippen molar-refractivity contribution in [3.63, 3.8) is 0 Å². The summed E-state index contributed by atoms with van der Waals surface area (Å²) in [7, 11) is 1.62. The fourth-order valence-corrected chi connectivity index (χ4v) is 2.22. The van der Waals surface area contributed by atoms with E-state index < -0.39 is 0 Å². The molecule has 1 unspecified atom stereocenters. The molecule has 0 aliphatic heterocycles. The molecule has 118 valence electrons. The first-order valence-electron chi connectivity index (χ1n) is 7.33. The minimum absolute atomic E-state index is 0.00949. The number of anilines is 1. The SMILES string of the molecule is COCCNC(=O)C(C)N(Cc1ccccc1N)C(C)C. The molecule has 0 fully saturated rings. The maximum atomic E-state index is 12.2. The van der Waals surface area contributed by atoms with Gasteiger partial charge in [-0.2, -0.15) is 0 Å². The fourth-order valence-electron chi connectivity index (χ4n) is 2.22. The van der Waals surface area contributed by atoms with Crippen LogP contribution in [0.2, 0.25) is 0 Å². The molecule has 3 N–H and O–H groups in total. The second kappa shape index (κ2) is 8.64. The first-order chi connectivity index (χ1) is 9.97. The smallest absolute Gasteiger partial charge is 0.237 e. The van der Waals surface area contributed by atoms with Crippen LogP contribution in [-0.2, 0) is 16.1 Å². The lowest BCUT2D eigenvalue weighted by Crippen LogP contribution is -2.48. The van der Waals surface area contributed by atoms with Crippen LogP contribution in [0.5, 0.6) is 0 Å². The van der Waals surface area contributed by atoms with E-state index in [4.69, 9.17) is 10.5 Å². The van der Waals surface area contributed by atoms with Gasteiger partial charge in [-0.1, -0.05) is 18.2 Å². The Bertz CT molecular complexity index is 449. The Kier molecular flexibility index (Phi) is 7.19. The number of methoxy groups -OCH3 is 1. The van der Waals surface area contributed by atoms with Gasteiger partial charge in [0.25, 0.3) is 0 Å². The zero-order chi connectivity index (χ0) is 15.8. The Morgan fingerprint density at radius 2 is 2.00 bits per heavy atom. The minimum Gasteiger partial charge on any atom is -0.398 e. The second-order valence-corrected chi connectivity index (χ2v) is 5.42. The van der Waals surface area contributed by atoms with Crippen LogP contribution < -0.4 is 11.1 Å². The molecule has 0 heterocycles. The van der Waals surface area contributed by atoms with E-state index in [0.717, 1.165) is 11.3 Å². The van der Waals surface area contributed by atoms with Gasteiger partial charge < -0.3 is 15.8 Å². The summed E-state index contributed by atoms with van der Waals surface area (Å²) in [5.41, 5.74) is 7.80. The van der Waals surface area contributed by atoms with Crippen LogP contribution in [0.3, 0.4) is 0 Å². The van der Waals surface area contributed by atoms with E-state index in [1.165, 1.54) is 0 Å². The largest absolute Gasteiger partial charge is 0.398 e. The summed E-state index contributed by atoms with van der Waals surface area (Å²) < 4.78 is 4.95. The van der Waals surface area contributed by atoms with Crippen molar-refractivity contribution >= 4 is 11.6 Å². The van der Waals surface area contributed by atoms with Crippen molar-refractivity contribution in [3.05, 3.63) is 29.8 Å². The van der Waals surface area contributed by atoms with Crippen LogP contribution in [0.25, 0.3) is 0 Å². The molecule has 0 radical (unpaired) electrons. The Hall–Kier alpha value is -1.59. The second-order valence-electron chi connectivity index (χ2n) is 5.42. The molecule has 5 heteroatoms. The predicted molar refractivity (Wildman–Crippen MR) is 85.9 cm³/mol. The number of hydrogen-bond donors (Lipinski definition) is 2. The molecule has 1 aromatic rings. The summed E-state index contributed by atoms with van der Waals surface area (Å²) in [5, 5.41) is 2.88. The summed E-state index contributed by atoms with van der Waals surface area (Å²) in [6, 6.07) is 7.79. The summed E-state index contributed by atoms with van der Waals surface area (Å²) in [6.07, 6.45) is 0. The van der Waals surface area contributed by atoms with Gasteiger partial charge in [0.15, 0.2) is 0 Å². The van der Waals surface area contributed by atoms with Crippen molar-refractivity contribution in [3.8, 4) is 0 Å². The number of carbonyl (C=O) groups is 1. The molecule has 0 spiro atoms. The molecule has 1 rings (SSSR count). The van der Waals surface area contributed by atoms with Crippen LogP contribution in [0, 0.1) is 0 Å². The zero-order valence-electron chi connectivity index (χ0n) is 13.4. The Balaban J connectivity index is 2.72. The van der Waals surface area contributed by atoms with Crippen LogP contribution in [0.15, 0.2) is 24.3 Å². The maximum Gasteiger partial charge on any atom is 0.237 e. The van der Waals surface area contributed by atoms with Crippen molar-refractivity contribution in [2.24, 2.45) is 0 Å². The highest BCUT2D eigenvalue weighted by Crippen LogP contribution is 2.17. The molecule has 0 saturated heterocycles. The molecule has 21 heavy (non-hydrogen) atoms. The molecular formula is C16H27N3O2. The number of ether oxygens (including phenoxy) is 1. The number of nitrogens with two attached hydrogens (primary N) is 1. The predicted octanol–water partition coefficient (Wildman–Crippen LogP) is 1.63. The molecule has 0 aliphatic carbocycles. The Labute approximate surface area is 127 Å². The summed E-state index contributed by atoms with van der Waals surface area (Å²) >= 11 is 0. The first-order valence-corrected chi connectivity index (χ1v) is 7.33. The maximum absolute atomic E-state index is 12.2. The highest BCUT2D eigenvalue weighted by molar-refractivity contribution is 5.81. The molecule has 5 nitrogen and oxygen atoms in total. The van der Waals surface area contributed by atoms with Crippen molar-refractivity contribution < 1.29 is 9.53 Å². The third-order valence-electron chi connectivity index (χ3n) is 3.55. The number of nitrogens with zero attached hydrogens (tertiary/aromatic N) is 1. The Morgan fingerprint density at radius 3 is 2.57 bits per heavy atom. The summed E-state index contributed by atoms with van der Waals surface area (Å²) in [4.78, 5) is 14.3. The average Bonchev–Trinajstić information content (AvgIpc) is 2.45. The van der Waals surface area contributed by atoms with Crippen molar-refractivity contribution in [1.29, 1.82) is 0 Å². The van der Waals surface area contributed by atoms with E-state index in [9.17, 15) is 4.79 Å². The van der Waals surface area contributed by atoms with Crippen LogP contribution in [-0.4, -0.2) is 43.2 Å². The molecule has 1 atom stereocenters. The molecule has 0 bridgehead atoms. The van der Waals surface area contributed by atoms with E-state index in [0.29, 0.717) is 19.7 Å². The normalized spacial score (nSPS) is 12.7. The van der Waals surface area contributed by atoms with Crippen molar-refractivity contribution in [2.45, 2.75) is 39.4 Å². The van der Waals surface area contributed by atoms with Gasteiger partial charge in [-0.25, -0.2) is 0 Å². The third-order valence-corrected chi connectivity index (χ3v) is 3.55. The molecule has 0 aliphatic rings. The van der Waals surface area contributed by atoms with Crippen molar-refractivity contribution in [1.82, 2.24) is 10.2 Å². The standard InChI is InChI=1S/C16H27N3O2/c1-12(2)19(11-14-7-5-6-8-15(14)17)13(3)16(20)18-9-10-21-4/h5-8,12-13H,9-11,17H2,1-4H3,(H,18,20). The van der Waals surface area contributed by atoms with E-state index in [2.05, 4.69) is 24.1 Å². The average molecular weight is 293 g/mol. The van der Waals surface area contributed by atoms with Gasteiger partial charge in [-0.3, -0.25) is 9.69 Å². The number of carbonyl (C=O) groups excluding carboxylic acids is 1. The van der Waals surface area contributed by atoms with Gasteiger partial charge in [0, 0.05) is 31.9 Å². The number of nitrogen functional groups attached to an aromatic ring is 1. The van der Waals surface area contributed by atoms with Gasteiger partial charge in [-0.15, -0.1) is 0 Å². The Morgan fingerprint density at radius 1 is 1.33 bits per heavy atom. The van der Waals surface area contributed by atoms with Gasteiger partial charge in [0.05, 0.1) is 12.6 Å². The number of hydrogen-bond acceptors (Lipinski definition) is 4. The molecule has 0 aromatic heterocycles. The van der Waals surface area contributed by atoms with Gasteiger partial charge in [0.1, 0.15) is 0 Å². The lowest BCUT2D eigenvalue weighted by molar-refractivity contribution is -0.127. The first kappa shape index (κ1) is 17.5. The fraction of sp³-hybridized carbons (Fsp3) is 0.562. The van der Waals surface area contributed by atoms with Gasteiger partial charge in [0.2, 0.25) is 5.91 Å². The van der Waals surface area contributed by atoms with E-state index in [-0.39, 0.29) is 18.0 Å². The van der Waals surface area contributed by atoms with E-state index in [1.807, 2.05) is 31.2 Å². The van der Waals surface area contributed by atoms with E-state index >= 15 is 0 Å². The summed E-state index contributed by atoms with van der Waals surface area (Å²) in [5.74, 6) is 0.00949. The minimum atomic E-state index is -0.221. The summed E-state index contributed by atoms with van der Waals surface area (Å²) in [6.45, 7) is 7.78.